The molecule has 0 aliphatic heterocycles. The van der Waals surface area contributed by atoms with E-state index in [2.05, 4.69) is 4.98 Å². The maximum atomic E-state index is 11.0. The maximum Gasteiger partial charge on any atom is 0.253 e. The zero-order valence-electron chi connectivity index (χ0n) is 6.68. The minimum absolute atomic E-state index is 0.213. The van der Waals surface area contributed by atoms with Crippen molar-refractivity contribution in [2.75, 3.05) is 6.26 Å². The first-order chi connectivity index (χ1) is 5.43. The van der Waals surface area contributed by atoms with Crippen molar-refractivity contribution in [2.24, 2.45) is 7.05 Å². The Bertz CT molecular complexity index is 446. The Labute approximate surface area is 69.6 Å². The predicted molar refractivity (Wildman–Crippen MR) is 42.6 cm³/mol. The molecular formula is C6H8N2O3S. The number of aromatic nitrogens is 2. The first kappa shape index (κ1) is 8.92. The van der Waals surface area contributed by atoms with Crippen molar-refractivity contribution in [1.82, 2.24) is 9.55 Å². The second-order valence-electron chi connectivity index (χ2n) is 2.40. The van der Waals surface area contributed by atoms with Gasteiger partial charge in [0.2, 0.25) is 15.0 Å². The maximum absolute atomic E-state index is 11.0. The average Bonchev–Trinajstić information content (AvgIpc) is 1.92. The van der Waals surface area contributed by atoms with Gasteiger partial charge in [0.1, 0.15) is 0 Å². The van der Waals surface area contributed by atoms with E-state index in [0.29, 0.717) is 0 Å². The molecule has 0 unspecified atom stereocenters. The van der Waals surface area contributed by atoms with E-state index in [0.717, 1.165) is 10.8 Å². The molecule has 5 nitrogen and oxygen atoms in total. The second-order valence-corrected chi connectivity index (χ2v) is 4.31. The van der Waals surface area contributed by atoms with E-state index >= 15 is 0 Å². The summed E-state index contributed by atoms with van der Waals surface area (Å²) in [6.45, 7) is 0. The molecule has 1 aromatic heterocycles. The lowest BCUT2D eigenvalue weighted by molar-refractivity contribution is 0.575. The van der Waals surface area contributed by atoms with E-state index in [9.17, 15) is 13.2 Å². The molecule has 0 saturated heterocycles. The fraction of sp³-hybridized carbons (Fsp3) is 0.333. The minimum Gasteiger partial charge on any atom is -0.287 e. The molecule has 1 aromatic rings. The molecular weight excluding hydrogens is 180 g/mol. The summed E-state index contributed by atoms with van der Waals surface area (Å²) in [5.41, 5.74) is -0.384. The Morgan fingerprint density at radius 1 is 1.50 bits per heavy atom. The largest absolute Gasteiger partial charge is 0.287 e. The van der Waals surface area contributed by atoms with Crippen molar-refractivity contribution in [3.8, 4) is 0 Å². The van der Waals surface area contributed by atoms with Gasteiger partial charge in [0, 0.05) is 25.6 Å². The normalized spacial score (nSPS) is 11.5. The average molecular weight is 188 g/mol. The van der Waals surface area contributed by atoms with E-state index in [1.54, 1.807) is 0 Å². The first-order valence-corrected chi connectivity index (χ1v) is 5.04. The van der Waals surface area contributed by atoms with Crippen LogP contribution in [0.25, 0.3) is 0 Å². The molecule has 0 fully saturated rings. The highest BCUT2D eigenvalue weighted by Crippen LogP contribution is 1.98. The molecule has 12 heavy (non-hydrogen) atoms. The van der Waals surface area contributed by atoms with Gasteiger partial charge in [-0.15, -0.1) is 0 Å². The Morgan fingerprint density at radius 2 is 2.08 bits per heavy atom. The lowest BCUT2D eigenvalue weighted by Crippen LogP contribution is -2.22. The van der Waals surface area contributed by atoms with Crippen LogP contribution in [0.3, 0.4) is 0 Å². The Kier molecular flexibility index (Phi) is 2.01. The van der Waals surface area contributed by atoms with Crippen LogP contribution in [0.15, 0.2) is 22.2 Å². The molecule has 0 N–H and O–H groups in total. The molecule has 0 aliphatic rings. The third-order valence-electron chi connectivity index (χ3n) is 1.35. The van der Waals surface area contributed by atoms with Crippen LogP contribution in [0.5, 0.6) is 0 Å². The zero-order valence-corrected chi connectivity index (χ0v) is 7.50. The van der Waals surface area contributed by atoms with E-state index < -0.39 is 9.84 Å². The molecule has 1 rings (SSSR count). The summed E-state index contributed by atoms with van der Waals surface area (Å²) in [6.07, 6.45) is 2.19. The van der Waals surface area contributed by atoms with Crippen molar-refractivity contribution < 1.29 is 8.42 Å². The molecule has 0 amide bonds. The molecule has 0 aliphatic carbocycles. The van der Waals surface area contributed by atoms with Gasteiger partial charge in [0.05, 0.1) is 0 Å². The Hall–Kier alpha value is -1.17. The summed E-state index contributed by atoms with van der Waals surface area (Å²) in [5.74, 6) is 0. The highest BCUT2D eigenvalue weighted by molar-refractivity contribution is 7.90. The van der Waals surface area contributed by atoms with Gasteiger partial charge in [-0.2, -0.15) is 0 Å². The van der Waals surface area contributed by atoms with Gasteiger partial charge in [-0.3, -0.25) is 9.36 Å². The molecule has 0 bridgehead atoms. The summed E-state index contributed by atoms with van der Waals surface area (Å²) >= 11 is 0. The predicted octanol–water partition coefficient (Wildman–Crippen LogP) is -0.816. The standard InChI is InChI=1S/C6H8N2O3S/c1-8-5(9)3-4-7-6(8)12(2,10)11/h3-4H,1-2H3. The van der Waals surface area contributed by atoms with Gasteiger partial charge in [0.25, 0.3) is 5.56 Å². The fourth-order valence-electron chi connectivity index (χ4n) is 0.802. The smallest absolute Gasteiger partial charge is 0.253 e. The molecule has 1 heterocycles. The second kappa shape index (κ2) is 2.71. The minimum atomic E-state index is -3.40. The first-order valence-electron chi connectivity index (χ1n) is 3.15. The fourth-order valence-corrected chi connectivity index (χ4v) is 1.64. The van der Waals surface area contributed by atoms with Crippen molar-refractivity contribution >= 4 is 9.84 Å². The zero-order chi connectivity index (χ0) is 9.35. The molecule has 0 spiro atoms. The topological polar surface area (TPSA) is 69.0 Å². The lowest BCUT2D eigenvalue weighted by atomic mass is 10.6. The summed E-state index contributed by atoms with van der Waals surface area (Å²) in [4.78, 5) is 14.5. The Balaban J connectivity index is 3.58. The SMILES string of the molecule is Cn1c(S(C)(=O)=O)nccc1=O. The summed E-state index contributed by atoms with van der Waals surface area (Å²) in [5, 5.41) is -0.213. The van der Waals surface area contributed by atoms with Crippen molar-refractivity contribution in [1.29, 1.82) is 0 Å². The van der Waals surface area contributed by atoms with Crippen LogP contribution >= 0.6 is 0 Å². The van der Waals surface area contributed by atoms with Gasteiger partial charge in [0.15, 0.2) is 0 Å². The molecule has 66 valence electrons. The van der Waals surface area contributed by atoms with Crippen molar-refractivity contribution in [3.63, 3.8) is 0 Å². The van der Waals surface area contributed by atoms with Crippen LogP contribution < -0.4 is 5.56 Å². The number of hydrogen-bond donors (Lipinski definition) is 0. The summed E-state index contributed by atoms with van der Waals surface area (Å²) in [7, 11) is -2.04. The third-order valence-corrected chi connectivity index (χ3v) is 2.39. The van der Waals surface area contributed by atoms with E-state index in [-0.39, 0.29) is 10.7 Å². The third kappa shape index (κ3) is 1.53. The van der Waals surface area contributed by atoms with Crippen molar-refractivity contribution in [3.05, 3.63) is 22.6 Å². The van der Waals surface area contributed by atoms with Gasteiger partial charge in [-0.1, -0.05) is 0 Å². The van der Waals surface area contributed by atoms with Crippen LogP contribution in [0, 0.1) is 0 Å². The van der Waals surface area contributed by atoms with Crippen molar-refractivity contribution in [2.45, 2.75) is 5.16 Å². The molecule has 0 radical (unpaired) electrons. The molecule has 0 aromatic carbocycles. The van der Waals surface area contributed by atoms with Crippen LogP contribution in [0.1, 0.15) is 0 Å². The van der Waals surface area contributed by atoms with E-state index in [1.165, 1.54) is 19.3 Å². The van der Waals surface area contributed by atoms with Gasteiger partial charge in [-0.25, -0.2) is 13.4 Å². The number of nitrogens with zero attached hydrogens (tertiary/aromatic N) is 2. The number of hydrogen-bond acceptors (Lipinski definition) is 4. The van der Waals surface area contributed by atoms with Gasteiger partial charge < -0.3 is 0 Å². The quantitative estimate of drug-likeness (QED) is 0.540. The summed E-state index contributed by atoms with van der Waals surface area (Å²) < 4.78 is 23.0. The van der Waals surface area contributed by atoms with Gasteiger partial charge >= 0.3 is 0 Å². The molecule has 0 atom stereocenters. The van der Waals surface area contributed by atoms with Crippen LogP contribution in [0.4, 0.5) is 0 Å². The van der Waals surface area contributed by atoms with Crippen LogP contribution in [-0.4, -0.2) is 24.2 Å². The highest BCUT2D eigenvalue weighted by Gasteiger charge is 2.12. The monoisotopic (exact) mass is 188 g/mol. The van der Waals surface area contributed by atoms with E-state index in [4.69, 9.17) is 0 Å². The van der Waals surface area contributed by atoms with E-state index in [1.807, 2.05) is 0 Å². The highest BCUT2D eigenvalue weighted by atomic mass is 32.2. The Morgan fingerprint density at radius 3 is 2.50 bits per heavy atom. The number of rotatable bonds is 1. The molecule has 6 heteroatoms. The summed E-state index contributed by atoms with van der Waals surface area (Å²) in [6, 6.07) is 1.20. The number of sulfone groups is 1. The van der Waals surface area contributed by atoms with Gasteiger partial charge in [-0.05, 0) is 0 Å². The lowest BCUT2D eigenvalue weighted by Gasteiger charge is -2.01. The van der Waals surface area contributed by atoms with Crippen LogP contribution in [0.2, 0.25) is 0 Å². The molecule has 0 saturated carbocycles. The van der Waals surface area contributed by atoms with Crippen LogP contribution in [-0.2, 0) is 16.9 Å².